The number of nitrogens with zero attached hydrogens (tertiary/aromatic N) is 2. The average molecular weight is 309 g/mol. The Balaban J connectivity index is 0.00000162. The molecule has 110 valence electrons. The Labute approximate surface area is 126 Å². The van der Waals surface area contributed by atoms with Crippen LogP contribution in [0.25, 0.3) is 0 Å². The van der Waals surface area contributed by atoms with Gasteiger partial charge in [0, 0.05) is 18.3 Å². The summed E-state index contributed by atoms with van der Waals surface area (Å²) in [4.78, 5) is 11.8. The van der Waals surface area contributed by atoms with Gasteiger partial charge in [-0.3, -0.25) is 9.48 Å². The van der Waals surface area contributed by atoms with Crippen molar-refractivity contribution in [3.05, 3.63) is 17.5 Å². The van der Waals surface area contributed by atoms with Crippen LogP contribution in [0.1, 0.15) is 24.2 Å². The zero-order valence-electron chi connectivity index (χ0n) is 11.3. The molecule has 7 heteroatoms. The number of hydrogen-bond donors (Lipinski definition) is 2. The van der Waals surface area contributed by atoms with E-state index in [0.717, 1.165) is 37.3 Å². The quantitative estimate of drug-likeness (QED) is 0.882. The van der Waals surface area contributed by atoms with Gasteiger partial charge in [0.1, 0.15) is 6.54 Å². The van der Waals surface area contributed by atoms with Gasteiger partial charge in [-0.05, 0) is 39.3 Å². The molecule has 2 N–H and O–H groups in total. The maximum absolute atomic E-state index is 11.8. The van der Waals surface area contributed by atoms with Gasteiger partial charge in [-0.15, -0.1) is 24.8 Å². The molecule has 0 bridgehead atoms. The van der Waals surface area contributed by atoms with E-state index >= 15 is 0 Å². The van der Waals surface area contributed by atoms with Crippen LogP contribution in [-0.4, -0.2) is 34.8 Å². The zero-order valence-corrected chi connectivity index (χ0v) is 12.9. The van der Waals surface area contributed by atoms with Crippen molar-refractivity contribution in [3.63, 3.8) is 0 Å². The number of rotatable bonds is 3. The molecule has 1 atom stereocenters. The molecule has 0 radical (unpaired) electrons. The van der Waals surface area contributed by atoms with Crippen molar-refractivity contribution >= 4 is 30.7 Å². The Morgan fingerprint density at radius 2 is 2.26 bits per heavy atom. The molecular weight excluding hydrogens is 287 g/mol. The number of aryl methyl sites for hydroxylation is 2. The standard InChI is InChI=1S/C12H20N4O.2ClH/c1-9-6-10(2)16(15-9)8-12(17)14-11-4-3-5-13-7-11;;/h6,11,13H,3-5,7-8H2,1-2H3,(H,14,17);2*1H/t11-;;/m1../s1. The highest BCUT2D eigenvalue weighted by molar-refractivity contribution is 5.85. The monoisotopic (exact) mass is 308 g/mol. The minimum atomic E-state index is 0. The van der Waals surface area contributed by atoms with Crippen LogP contribution in [0.2, 0.25) is 0 Å². The van der Waals surface area contributed by atoms with Crippen LogP contribution in [0.15, 0.2) is 6.07 Å². The molecule has 2 heterocycles. The number of halogens is 2. The van der Waals surface area contributed by atoms with Crippen molar-refractivity contribution in [2.75, 3.05) is 13.1 Å². The van der Waals surface area contributed by atoms with E-state index in [1.807, 2.05) is 19.9 Å². The van der Waals surface area contributed by atoms with Crippen molar-refractivity contribution in [2.24, 2.45) is 0 Å². The topological polar surface area (TPSA) is 59.0 Å². The molecule has 1 aromatic heterocycles. The molecule has 2 rings (SSSR count). The number of amides is 1. The van der Waals surface area contributed by atoms with Gasteiger partial charge in [0.15, 0.2) is 0 Å². The molecule has 1 aliphatic rings. The summed E-state index contributed by atoms with van der Waals surface area (Å²) in [6.45, 7) is 6.16. The smallest absolute Gasteiger partial charge is 0.242 e. The molecular formula is C12H22Cl2N4O. The van der Waals surface area contributed by atoms with E-state index in [4.69, 9.17) is 0 Å². The van der Waals surface area contributed by atoms with E-state index in [1.54, 1.807) is 4.68 Å². The first kappa shape index (κ1) is 18.2. The summed E-state index contributed by atoms with van der Waals surface area (Å²) in [5.41, 5.74) is 1.98. The van der Waals surface area contributed by atoms with Crippen LogP contribution in [-0.2, 0) is 11.3 Å². The van der Waals surface area contributed by atoms with Crippen LogP contribution < -0.4 is 10.6 Å². The molecule has 0 spiro atoms. The number of carbonyl (C=O) groups excluding carboxylic acids is 1. The second-order valence-corrected chi connectivity index (χ2v) is 4.70. The summed E-state index contributed by atoms with van der Waals surface area (Å²) in [6, 6.07) is 2.25. The van der Waals surface area contributed by atoms with Gasteiger partial charge in [0.25, 0.3) is 0 Å². The van der Waals surface area contributed by atoms with Crippen molar-refractivity contribution in [3.8, 4) is 0 Å². The van der Waals surface area contributed by atoms with Crippen LogP contribution in [0.5, 0.6) is 0 Å². The molecule has 1 aliphatic heterocycles. The van der Waals surface area contributed by atoms with Crippen molar-refractivity contribution < 1.29 is 4.79 Å². The van der Waals surface area contributed by atoms with Crippen molar-refractivity contribution in [1.29, 1.82) is 0 Å². The molecule has 1 aromatic rings. The van der Waals surface area contributed by atoms with Gasteiger partial charge in [-0.2, -0.15) is 5.10 Å². The molecule has 0 aliphatic carbocycles. The molecule has 0 unspecified atom stereocenters. The number of carbonyl (C=O) groups is 1. The molecule has 1 fully saturated rings. The maximum Gasteiger partial charge on any atom is 0.242 e. The third-order valence-electron chi connectivity index (χ3n) is 3.06. The fourth-order valence-corrected chi connectivity index (χ4v) is 2.22. The summed E-state index contributed by atoms with van der Waals surface area (Å²) >= 11 is 0. The third-order valence-corrected chi connectivity index (χ3v) is 3.06. The summed E-state index contributed by atoms with van der Waals surface area (Å²) < 4.78 is 1.75. The largest absolute Gasteiger partial charge is 0.350 e. The predicted molar refractivity (Wildman–Crippen MR) is 80.2 cm³/mol. The Morgan fingerprint density at radius 3 is 2.79 bits per heavy atom. The molecule has 1 amide bonds. The van der Waals surface area contributed by atoms with Crippen molar-refractivity contribution in [1.82, 2.24) is 20.4 Å². The van der Waals surface area contributed by atoms with E-state index in [1.165, 1.54) is 0 Å². The Hall–Kier alpha value is -0.780. The molecule has 19 heavy (non-hydrogen) atoms. The number of aromatic nitrogens is 2. The van der Waals surface area contributed by atoms with Crippen LogP contribution >= 0.6 is 24.8 Å². The number of hydrogen-bond acceptors (Lipinski definition) is 3. The Morgan fingerprint density at radius 1 is 1.53 bits per heavy atom. The second kappa shape index (κ2) is 8.40. The fourth-order valence-electron chi connectivity index (χ4n) is 2.22. The normalized spacial score (nSPS) is 18.1. The summed E-state index contributed by atoms with van der Waals surface area (Å²) in [7, 11) is 0. The van der Waals surface area contributed by atoms with Gasteiger partial charge >= 0.3 is 0 Å². The lowest BCUT2D eigenvalue weighted by molar-refractivity contribution is -0.122. The highest BCUT2D eigenvalue weighted by atomic mass is 35.5. The fraction of sp³-hybridized carbons (Fsp3) is 0.667. The van der Waals surface area contributed by atoms with Gasteiger partial charge in [-0.25, -0.2) is 0 Å². The molecule has 1 saturated heterocycles. The first-order valence-electron chi connectivity index (χ1n) is 6.16. The minimum Gasteiger partial charge on any atom is -0.350 e. The Kier molecular flexibility index (Phi) is 8.06. The first-order valence-corrected chi connectivity index (χ1v) is 6.16. The highest BCUT2D eigenvalue weighted by Gasteiger charge is 2.15. The lowest BCUT2D eigenvalue weighted by atomic mass is 10.1. The minimum absolute atomic E-state index is 0. The molecule has 0 aromatic carbocycles. The summed E-state index contributed by atoms with van der Waals surface area (Å²) in [5.74, 6) is 0.0462. The van der Waals surface area contributed by atoms with Gasteiger partial charge in [0.2, 0.25) is 5.91 Å². The van der Waals surface area contributed by atoms with Gasteiger partial charge in [0.05, 0.1) is 5.69 Å². The molecule has 0 saturated carbocycles. The first-order chi connectivity index (χ1) is 8.15. The van der Waals surface area contributed by atoms with Gasteiger partial charge < -0.3 is 10.6 Å². The van der Waals surface area contributed by atoms with E-state index in [0.29, 0.717) is 6.54 Å². The third kappa shape index (κ3) is 5.38. The predicted octanol–water partition coefficient (Wildman–Crippen LogP) is 1.21. The van der Waals surface area contributed by atoms with Crippen LogP contribution in [0, 0.1) is 13.8 Å². The maximum atomic E-state index is 11.8. The zero-order chi connectivity index (χ0) is 12.3. The number of piperidine rings is 1. The van der Waals surface area contributed by atoms with E-state index in [2.05, 4.69) is 15.7 Å². The summed E-state index contributed by atoms with van der Waals surface area (Å²) in [5, 5.41) is 10.6. The Bertz CT molecular complexity index is 402. The SMILES string of the molecule is Cc1cc(C)n(CC(=O)N[C@@H]2CCCNC2)n1.Cl.Cl. The average Bonchev–Trinajstić information content (AvgIpc) is 2.58. The van der Waals surface area contributed by atoms with E-state index in [9.17, 15) is 4.79 Å². The number of nitrogens with one attached hydrogen (secondary N) is 2. The highest BCUT2D eigenvalue weighted by Crippen LogP contribution is 2.03. The molecule has 5 nitrogen and oxygen atoms in total. The van der Waals surface area contributed by atoms with Crippen LogP contribution in [0.3, 0.4) is 0 Å². The lowest BCUT2D eigenvalue weighted by Gasteiger charge is -2.23. The van der Waals surface area contributed by atoms with Crippen molar-refractivity contribution in [2.45, 2.75) is 39.3 Å². The van der Waals surface area contributed by atoms with E-state index < -0.39 is 0 Å². The lowest BCUT2D eigenvalue weighted by Crippen LogP contribution is -2.46. The van der Waals surface area contributed by atoms with E-state index in [-0.39, 0.29) is 36.8 Å². The van der Waals surface area contributed by atoms with Gasteiger partial charge in [-0.1, -0.05) is 0 Å². The van der Waals surface area contributed by atoms with Crippen LogP contribution in [0.4, 0.5) is 0 Å². The second-order valence-electron chi connectivity index (χ2n) is 4.70. The summed E-state index contributed by atoms with van der Waals surface area (Å²) in [6.07, 6.45) is 2.20.